The largest absolute Gasteiger partial charge is 0.322 e. The van der Waals surface area contributed by atoms with Crippen molar-refractivity contribution in [1.29, 1.82) is 0 Å². The maximum Gasteiger partial charge on any atom is 0.271 e. The van der Waals surface area contributed by atoms with Crippen molar-refractivity contribution in [2.75, 3.05) is 5.32 Å². The molecule has 0 saturated carbocycles. The number of anilines is 1. The highest BCUT2D eigenvalue weighted by Gasteiger charge is 2.32. The Kier molecular flexibility index (Phi) is 6.28. The smallest absolute Gasteiger partial charge is 0.271 e. The lowest BCUT2D eigenvalue weighted by molar-refractivity contribution is -0.113. The molecule has 0 radical (unpaired) electrons. The Morgan fingerprint density at radius 3 is 2.36 bits per heavy atom. The highest BCUT2D eigenvalue weighted by atomic mass is 32.1. The molecular formula is C28H27N5O2S. The zero-order valence-electron chi connectivity index (χ0n) is 20.6. The summed E-state index contributed by atoms with van der Waals surface area (Å²) >= 11 is 1.34. The zero-order valence-corrected chi connectivity index (χ0v) is 21.5. The summed E-state index contributed by atoms with van der Waals surface area (Å²) in [5.74, 6) is -0.276. The lowest BCUT2D eigenvalue weighted by Gasteiger charge is -2.25. The minimum Gasteiger partial charge on any atom is -0.322 e. The summed E-state index contributed by atoms with van der Waals surface area (Å²) < 4.78 is 4.14. The Bertz CT molecular complexity index is 1660. The predicted octanol–water partition coefficient (Wildman–Crippen LogP) is 3.71. The van der Waals surface area contributed by atoms with Crippen LogP contribution >= 0.6 is 11.3 Å². The van der Waals surface area contributed by atoms with Crippen molar-refractivity contribution >= 4 is 29.0 Å². The van der Waals surface area contributed by atoms with Crippen molar-refractivity contribution in [1.82, 2.24) is 14.3 Å². The molecule has 7 nitrogen and oxygen atoms in total. The zero-order chi connectivity index (χ0) is 25.4. The lowest BCUT2D eigenvalue weighted by Crippen LogP contribution is -2.40. The summed E-state index contributed by atoms with van der Waals surface area (Å²) in [6.07, 6.45) is 1.90. The first-order chi connectivity index (χ1) is 17.4. The molecule has 5 rings (SSSR count). The molecule has 0 bridgehead atoms. The molecule has 0 fully saturated rings. The van der Waals surface area contributed by atoms with Crippen molar-refractivity contribution in [2.24, 2.45) is 4.99 Å². The van der Waals surface area contributed by atoms with Gasteiger partial charge in [-0.3, -0.25) is 18.8 Å². The molecule has 36 heavy (non-hydrogen) atoms. The van der Waals surface area contributed by atoms with Crippen molar-refractivity contribution in [3.63, 3.8) is 0 Å². The van der Waals surface area contributed by atoms with E-state index < -0.39 is 6.04 Å². The quantitative estimate of drug-likeness (QED) is 0.457. The van der Waals surface area contributed by atoms with Crippen LogP contribution in [0.5, 0.6) is 0 Å². The second-order valence-corrected chi connectivity index (χ2v) is 9.72. The Labute approximate surface area is 212 Å². The average molecular weight is 498 g/mol. The second-order valence-electron chi connectivity index (χ2n) is 8.71. The second kappa shape index (κ2) is 9.54. The molecular weight excluding hydrogens is 470 g/mol. The van der Waals surface area contributed by atoms with Gasteiger partial charge in [-0.2, -0.15) is 5.10 Å². The van der Waals surface area contributed by atoms with Gasteiger partial charge in [-0.25, -0.2) is 4.99 Å². The van der Waals surface area contributed by atoms with Gasteiger partial charge in [0.25, 0.3) is 11.5 Å². The lowest BCUT2D eigenvalue weighted by atomic mass is 9.95. The normalized spacial score (nSPS) is 15.6. The number of nitrogens with one attached hydrogen (secondary N) is 1. The number of thiazole rings is 1. The van der Waals surface area contributed by atoms with Crippen molar-refractivity contribution in [3.05, 3.63) is 114 Å². The monoisotopic (exact) mass is 497 g/mol. The molecule has 0 aliphatic carbocycles. The molecule has 1 atom stereocenters. The van der Waals surface area contributed by atoms with E-state index in [1.807, 2.05) is 99.1 Å². The van der Waals surface area contributed by atoms with E-state index in [-0.39, 0.29) is 11.5 Å². The van der Waals surface area contributed by atoms with Crippen molar-refractivity contribution in [2.45, 2.75) is 40.3 Å². The van der Waals surface area contributed by atoms with E-state index in [4.69, 9.17) is 4.99 Å². The van der Waals surface area contributed by atoms with E-state index in [0.29, 0.717) is 26.3 Å². The number of benzene rings is 2. The minimum atomic E-state index is -0.589. The van der Waals surface area contributed by atoms with Gasteiger partial charge in [0.05, 0.1) is 27.5 Å². The molecule has 1 aliphatic rings. The summed E-state index contributed by atoms with van der Waals surface area (Å²) in [7, 11) is 0. The van der Waals surface area contributed by atoms with Crippen molar-refractivity contribution < 1.29 is 4.79 Å². The number of para-hydroxylation sites is 1. The predicted molar refractivity (Wildman–Crippen MR) is 143 cm³/mol. The molecule has 182 valence electrons. The first-order valence-electron chi connectivity index (χ1n) is 11.9. The molecule has 1 N–H and O–H groups in total. The van der Waals surface area contributed by atoms with E-state index in [2.05, 4.69) is 10.4 Å². The standard InChI is InChI=1S/C28H27N5O2S/c1-5-32-19(4)22(17(2)31-32)16-23-27(35)33-25(20-12-8-6-9-13-20)24(18(3)29-28(33)36-23)26(34)30-21-14-10-7-11-15-21/h6-16,25H,5H2,1-4H3,(H,30,34)/b23-16+. The number of rotatable bonds is 5. The molecule has 2 aromatic carbocycles. The molecule has 3 heterocycles. The number of nitrogens with zero attached hydrogens (tertiary/aromatic N) is 4. The number of carbonyl (C=O) groups excluding carboxylic acids is 1. The van der Waals surface area contributed by atoms with Gasteiger partial charge in [0.1, 0.15) is 0 Å². The summed E-state index contributed by atoms with van der Waals surface area (Å²) in [4.78, 5) is 32.7. The topological polar surface area (TPSA) is 81.3 Å². The van der Waals surface area contributed by atoms with Crippen LogP contribution in [-0.4, -0.2) is 20.3 Å². The Morgan fingerprint density at radius 1 is 1.06 bits per heavy atom. The van der Waals surface area contributed by atoms with Gasteiger partial charge in [-0.1, -0.05) is 59.9 Å². The molecule has 1 unspecified atom stereocenters. The van der Waals surface area contributed by atoms with Crippen LogP contribution in [0.25, 0.3) is 6.08 Å². The number of hydrogen-bond donors (Lipinski definition) is 1. The highest BCUT2D eigenvalue weighted by molar-refractivity contribution is 7.07. The first kappa shape index (κ1) is 23.7. The molecule has 1 aliphatic heterocycles. The summed E-state index contributed by atoms with van der Waals surface area (Å²) in [6.45, 7) is 8.59. The number of allylic oxidation sites excluding steroid dienone is 1. The number of fused-ring (bicyclic) bond motifs is 1. The molecule has 2 aromatic heterocycles. The number of hydrogen-bond acceptors (Lipinski definition) is 5. The highest BCUT2D eigenvalue weighted by Crippen LogP contribution is 2.30. The third-order valence-corrected chi connectivity index (χ3v) is 7.41. The van der Waals surface area contributed by atoms with E-state index in [9.17, 15) is 9.59 Å². The first-order valence-corrected chi connectivity index (χ1v) is 12.7. The van der Waals surface area contributed by atoms with Gasteiger partial charge in [-0.15, -0.1) is 0 Å². The number of aromatic nitrogens is 3. The Balaban J connectivity index is 1.68. The fourth-order valence-electron chi connectivity index (χ4n) is 4.64. The van der Waals surface area contributed by atoms with Crippen LogP contribution < -0.4 is 20.2 Å². The SMILES string of the molecule is CCn1nc(C)c(/C=c2/sc3n(c2=O)C(c2ccccc2)C(C(=O)Nc2ccccc2)=C(C)N=3)c1C. The molecule has 4 aromatic rings. The van der Waals surface area contributed by atoms with Gasteiger partial charge in [0, 0.05) is 23.5 Å². The van der Waals surface area contributed by atoms with Crippen LogP contribution in [0, 0.1) is 13.8 Å². The molecule has 0 spiro atoms. The maximum absolute atomic E-state index is 13.8. The third-order valence-electron chi connectivity index (χ3n) is 6.43. The van der Waals surface area contributed by atoms with E-state index in [1.165, 1.54) is 11.3 Å². The van der Waals surface area contributed by atoms with Crippen LogP contribution in [0.15, 0.2) is 81.7 Å². The summed E-state index contributed by atoms with van der Waals surface area (Å²) in [5.41, 5.74) is 5.24. The average Bonchev–Trinajstić information content (AvgIpc) is 3.34. The van der Waals surface area contributed by atoms with Crippen LogP contribution in [0.2, 0.25) is 0 Å². The van der Waals surface area contributed by atoms with Crippen LogP contribution in [-0.2, 0) is 11.3 Å². The Morgan fingerprint density at radius 2 is 1.72 bits per heavy atom. The molecule has 0 saturated heterocycles. The van der Waals surface area contributed by atoms with Gasteiger partial charge < -0.3 is 5.32 Å². The van der Waals surface area contributed by atoms with Gasteiger partial charge >= 0.3 is 0 Å². The third kappa shape index (κ3) is 4.13. The van der Waals surface area contributed by atoms with Gasteiger partial charge in [0.15, 0.2) is 4.80 Å². The molecule has 1 amide bonds. The number of carbonyl (C=O) groups is 1. The van der Waals surface area contributed by atoms with E-state index >= 15 is 0 Å². The van der Waals surface area contributed by atoms with Crippen LogP contribution in [0.4, 0.5) is 5.69 Å². The summed E-state index contributed by atoms with van der Waals surface area (Å²) in [5, 5.41) is 7.56. The number of amides is 1. The fourth-order valence-corrected chi connectivity index (χ4v) is 5.67. The maximum atomic E-state index is 13.8. The number of aryl methyl sites for hydroxylation is 2. The van der Waals surface area contributed by atoms with E-state index in [1.54, 1.807) is 4.57 Å². The van der Waals surface area contributed by atoms with E-state index in [0.717, 1.165) is 29.1 Å². The molecule has 8 heteroatoms. The minimum absolute atomic E-state index is 0.173. The summed E-state index contributed by atoms with van der Waals surface area (Å²) in [6, 6.07) is 18.3. The van der Waals surface area contributed by atoms with Gasteiger partial charge in [0.2, 0.25) is 0 Å². The fraction of sp³-hybridized carbons (Fsp3) is 0.214. The van der Waals surface area contributed by atoms with Crippen molar-refractivity contribution in [3.8, 4) is 0 Å². The van der Waals surface area contributed by atoms with Crippen LogP contribution in [0.1, 0.15) is 42.4 Å². The van der Waals surface area contributed by atoms with Gasteiger partial charge in [-0.05, 0) is 51.5 Å². The van der Waals surface area contributed by atoms with Crippen LogP contribution in [0.3, 0.4) is 0 Å². The Hall–Kier alpha value is -4.04.